The summed E-state index contributed by atoms with van der Waals surface area (Å²) in [5, 5.41) is 7.01. The minimum atomic E-state index is -0.500. The molecule has 8 nitrogen and oxygen atoms in total. The van der Waals surface area contributed by atoms with Crippen LogP contribution in [0.25, 0.3) is 21.6 Å². The summed E-state index contributed by atoms with van der Waals surface area (Å²) in [5.41, 5.74) is 2.62. The SMILES string of the molecule is CN[C@@H](C)C(=O)N[C@H](C(=O)N1CCC[C@@H]1c1nc2c(-c3ccccc3)nc(C)nc2s1)C1CCCCC1. The van der Waals surface area contributed by atoms with E-state index < -0.39 is 6.04 Å². The summed E-state index contributed by atoms with van der Waals surface area (Å²) in [7, 11) is 1.76. The highest BCUT2D eigenvalue weighted by Gasteiger charge is 2.40. The molecular formula is C28H36N6O2S. The van der Waals surface area contributed by atoms with E-state index in [0.29, 0.717) is 12.4 Å². The number of carbonyl (C=O) groups excluding carboxylic acids is 2. The Morgan fingerprint density at radius 1 is 1.03 bits per heavy atom. The number of hydrogen-bond acceptors (Lipinski definition) is 7. The van der Waals surface area contributed by atoms with Crippen LogP contribution >= 0.6 is 11.3 Å². The molecule has 0 spiro atoms. The quantitative estimate of drug-likeness (QED) is 0.479. The zero-order chi connectivity index (χ0) is 25.9. The van der Waals surface area contributed by atoms with Gasteiger partial charge in [0.25, 0.3) is 0 Å². The van der Waals surface area contributed by atoms with Gasteiger partial charge in [-0.25, -0.2) is 15.0 Å². The summed E-state index contributed by atoms with van der Waals surface area (Å²) < 4.78 is 0. The van der Waals surface area contributed by atoms with Crippen LogP contribution in [0.1, 0.15) is 68.7 Å². The van der Waals surface area contributed by atoms with E-state index in [1.165, 1.54) is 6.42 Å². The molecule has 9 heteroatoms. The third kappa shape index (κ3) is 5.38. The van der Waals surface area contributed by atoms with Gasteiger partial charge >= 0.3 is 0 Å². The molecule has 5 rings (SSSR count). The maximum atomic E-state index is 14.1. The lowest BCUT2D eigenvalue weighted by Crippen LogP contribution is -2.55. The average molecular weight is 521 g/mol. The predicted octanol–water partition coefficient (Wildman–Crippen LogP) is 4.40. The summed E-state index contributed by atoms with van der Waals surface area (Å²) >= 11 is 1.55. The number of likely N-dealkylation sites (N-methyl/N-ethyl adjacent to an activating group) is 1. The van der Waals surface area contributed by atoms with Gasteiger partial charge in [-0.15, -0.1) is 0 Å². The lowest BCUT2D eigenvalue weighted by molar-refractivity contribution is -0.139. The first kappa shape index (κ1) is 25.7. The summed E-state index contributed by atoms with van der Waals surface area (Å²) in [6, 6.07) is 9.10. The van der Waals surface area contributed by atoms with E-state index in [4.69, 9.17) is 9.97 Å². The van der Waals surface area contributed by atoms with Crippen LogP contribution in [0.4, 0.5) is 0 Å². The van der Waals surface area contributed by atoms with Crippen LogP contribution < -0.4 is 10.6 Å². The molecule has 3 atom stereocenters. The van der Waals surface area contributed by atoms with E-state index in [0.717, 1.165) is 65.1 Å². The normalized spacial score (nSPS) is 20.2. The molecule has 2 amide bonds. The van der Waals surface area contributed by atoms with Crippen LogP contribution in [-0.4, -0.2) is 57.3 Å². The molecule has 2 fully saturated rings. The number of rotatable bonds is 7. The molecule has 2 aromatic heterocycles. The van der Waals surface area contributed by atoms with Crippen molar-refractivity contribution in [2.45, 2.75) is 76.9 Å². The molecule has 3 heterocycles. The predicted molar refractivity (Wildman–Crippen MR) is 146 cm³/mol. The van der Waals surface area contributed by atoms with Crippen molar-refractivity contribution in [3.63, 3.8) is 0 Å². The smallest absolute Gasteiger partial charge is 0.246 e. The monoisotopic (exact) mass is 520 g/mol. The first-order valence-corrected chi connectivity index (χ1v) is 14.3. The topological polar surface area (TPSA) is 100 Å². The van der Waals surface area contributed by atoms with E-state index in [-0.39, 0.29) is 29.8 Å². The lowest BCUT2D eigenvalue weighted by Gasteiger charge is -2.35. The molecule has 1 aliphatic carbocycles. The van der Waals surface area contributed by atoms with Crippen LogP contribution in [0.3, 0.4) is 0 Å². The molecule has 0 radical (unpaired) electrons. The van der Waals surface area contributed by atoms with Crippen molar-refractivity contribution >= 4 is 33.5 Å². The van der Waals surface area contributed by atoms with E-state index in [1.54, 1.807) is 18.4 Å². The Balaban J connectivity index is 1.46. The zero-order valence-corrected chi connectivity index (χ0v) is 22.7. The van der Waals surface area contributed by atoms with Crippen molar-refractivity contribution in [2.75, 3.05) is 13.6 Å². The van der Waals surface area contributed by atoms with Crippen LogP contribution in [0.15, 0.2) is 30.3 Å². The molecule has 1 aromatic carbocycles. The van der Waals surface area contributed by atoms with Gasteiger partial charge in [-0.05, 0) is 52.5 Å². The van der Waals surface area contributed by atoms with Gasteiger partial charge in [0, 0.05) is 12.1 Å². The Morgan fingerprint density at radius 2 is 1.78 bits per heavy atom. The molecule has 196 valence electrons. The van der Waals surface area contributed by atoms with E-state index in [9.17, 15) is 9.59 Å². The molecule has 0 unspecified atom stereocenters. The third-order valence-electron chi connectivity index (χ3n) is 7.77. The number of benzene rings is 1. The van der Waals surface area contributed by atoms with Gasteiger partial charge in [0.2, 0.25) is 11.8 Å². The minimum absolute atomic E-state index is 0.0239. The van der Waals surface area contributed by atoms with Crippen molar-refractivity contribution in [3.8, 4) is 11.3 Å². The average Bonchev–Trinajstić information content (AvgIpc) is 3.58. The van der Waals surface area contributed by atoms with Gasteiger partial charge in [-0.2, -0.15) is 0 Å². The number of carbonyl (C=O) groups is 2. The number of likely N-dealkylation sites (tertiary alicyclic amines) is 1. The lowest BCUT2D eigenvalue weighted by atomic mass is 9.83. The van der Waals surface area contributed by atoms with Crippen LogP contribution in [-0.2, 0) is 9.59 Å². The number of thiazole rings is 1. The highest BCUT2D eigenvalue weighted by atomic mass is 32.1. The second-order valence-electron chi connectivity index (χ2n) is 10.3. The number of nitrogens with one attached hydrogen (secondary N) is 2. The van der Waals surface area contributed by atoms with E-state index in [2.05, 4.69) is 15.6 Å². The standard InChI is InChI=1S/C28H36N6O2S/c1-17(29-3)25(35)32-23(20-13-8-5-9-14-20)28(36)34-16-10-15-21(34)26-33-24-22(19-11-6-4-7-12-19)30-18(2)31-27(24)37-26/h4,6-7,11-12,17,20-21,23,29H,5,8-10,13-16H2,1-3H3,(H,32,35)/t17-,21+,23-/m0/s1. The number of aryl methyl sites for hydroxylation is 1. The third-order valence-corrected chi connectivity index (χ3v) is 8.82. The highest BCUT2D eigenvalue weighted by Crippen LogP contribution is 2.39. The number of nitrogens with zero attached hydrogens (tertiary/aromatic N) is 4. The van der Waals surface area contributed by atoms with Gasteiger partial charge < -0.3 is 15.5 Å². The van der Waals surface area contributed by atoms with Crippen molar-refractivity contribution < 1.29 is 9.59 Å². The summed E-state index contributed by atoms with van der Waals surface area (Å²) in [4.78, 5) is 44.1. The molecular weight excluding hydrogens is 484 g/mol. The van der Waals surface area contributed by atoms with Crippen LogP contribution in [0, 0.1) is 12.8 Å². The molecule has 1 saturated carbocycles. The van der Waals surface area contributed by atoms with Crippen LogP contribution in [0.2, 0.25) is 0 Å². The van der Waals surface area contributed by atoms with Crippen molar-refractivity contribution in [2.24, 2.45) is 5.92 Å². The molecule has 2 aliphatic rings. The fourth-order valence-electron chi connectivity index (χ4n) is 5.61. The van der Waals surface area contributed by atoms with Gasteiger partial charge in [0.05, 0.1) is 12.1 Å². The molecule has 1 saturated heterocycles. The second kappa shape index (κ2) is 11.2. The maximum Gasteiger partial charge on any atom is 0.246 e. The number of aromatic nitrogens is 3. The number of amides is 2. The molecule has 2 N–H and O–H groups in total. The Labute approximate surface area is 222 Å². The Bertz CT molecular complexity index is 1260. The minimum Gasteiger partial charge on any atom is -0.343 e. The van der Waals surface area contributed by atoms with Gasteiger partial charge in [0.15, 0.2) is 0 Å². The fourth-order valence-corrected chi connectivity index (χ4v) is 6.74. The summed E-state index contributed by atoms with van der Waals surface area (Å²) in [5.74, 6) is 0.778. The van der Waals surface area contributed by atoms with Gasteiger partial charge in [-0.1, -0.05) is 60.9 Å². The maximum absolute atomic E-state index is 14.1. The summed E-state index contributed by atoms with van der Waals surface area (Å²) in [6.07, 6.45) is 7.12. The molecule has 3 aromatic rings. The van der Waals surface area contributed by atoms with Crippen molar-refractivity contribution in [1.82, 2.24) is 30.5 Å². The molecule has 1 aliphatic heterocycles. The van der Waals surface area contributed by atoms with E-state index >= 15 is 0 Å². The largest absolute Gasteiger partial charge is 0.343 e. The van der Waals surface area contributed by atoms with E-state index in [1.807, 2.05) is 49.1 Å². The Kier molecular flexibility index (Phi) is 7.81. The highest BCUT2D eigenvalue weighted by molar-refractivity contribution is 7.18. The van der Waals surface area contributed by atoms with Gasteiger partial charge in [-0.3, -0.25) is 9.59 Å². The van der Waals surface area contributed by atoms with Crippen LogP contribution in [0.5, 0.6) is 0 Å². The number of hydrogen-bond donors (Lipinski definition) is 2. The molecule has 0 bridgehead atoms. The fraction of sp³-hybridized carbons (Fsp3) is 0.536. The first-order valence-electron chi connectivity index (χ1n) is 13.4. The van der Waals surface area contributed by atoms with Gasteiger partial charge in [0.1, 0.15) is 32.9 Å². The Morgan fingerprint density at radius 3 is 2.51 bits per heavy atom. The van der Waals surface area contributed by atoms with Crippen molar-refractivity contribution in [3.05, 3.63) is 41.2 Å². The number of fused-ring (bicyclic) bond motifs is 1. The van der Waals surface area contributed by atoms with Crippen molar-refractivity contribution in [1.29, 1.82) is 0 Å². The molecule has 37 heavy (non-hydrogen) atoms. The first-order chi connectivity index (χ1) is 18.0. The second-order valence-corrected chi connectivity index (χ2v) is 11.3. The zero-order valence-electron chi connectivity index (χ0n) is 21.9. The summed E-state index contributed by atoms with van der Waals surface area (Å²) in [6.45, 7) is 4.40. The Hall–Kier alpha value is -2.91.